The Bertz CT molecular complexity index is 506. The number of hydrogen-bond donors (Lipinski definition) is 2. The van der Waals surface area contributed by atoms with Gasteiger partial charge >= 0.3 is 0 Å². The molecule has 3 N–H and O–H groups in total. The fraction of sp³-hybridized carbons (Fsp3) is 0.562. The fourth-order valence-corrected chi connectivity index (χ4v) is 2.85. The summed E-state index contributed by atoms with van der Waals surface area (Å²) in [6, 6.07) is 5.44. The van der Waals surface area contributed by atoms with E-state index in [2.05, 4.69) is 4.90 Å². The molecule has 0 radical (unpaired) electrons. The molecule has 1 aliphatic rings. The molecule has 0 bridgehead atoms. The van der Waals surface area contributed by atoms with E-state index >= 15 is 0 Å². The Morgan fingerprint density at radius 3 is 2.52 bits per heavy atom. The van der Waals surface area contributed by atoms with Crippen molar-refractivity contribution in [2.45, 2.75) is 25.9 Å². The van der Waals surface area contributed by atoms with Crippen LogP contribution >= 0.6 is 0 Å². The highest BCUT2D eigenvalue weighted by Gasteiger charge is 2.25. The Morgan fingerprint density at radius 1 is 1.38 bits per heavy atom. The van der Waals surface area contributed by atoms with E-state index in [9.17, 15) is 9.90 Å². The van der Waals surface area contributed by atoms with Crippen molar-refractivity contribution in [1.29, 1.82) is 0 Å². The summed E-state index contributed by atoms with van der Waals surface area (Å²) in [6.07, 6.45) is 1.60. The van der Waals surface area contributed by atoms with Gasteiger partial charge in [-0.3, -0.25) is 4.79 Å². The monoisotopic (exact) mass is 291 g/mol. The topological polar surface area (TPSA) is 69.8 Å². The number of nitrogens with zero attached hydrogens (tertiary/aromatic N) is 2. The number of rotatable bonds is 3. The van der Waals surface area contributed by atoms with Crippen molar-refractivity contribution in [2.75, 3.05) is 37.8 Å². The molecular formula is C16H25N3O2. The van der Waals surface area contributed by atoms with Crippen LogP contribution in [-0.2, 0) is 0 Å². The van der Waals surface area contributed by atoms with Crippen LogP contribution in [0.15, 0.2) is 18.2 Å². The molecule has 0 aromatic heterocycles. The summed E-state index contributed by atoms with van der Waals surface area (Å²) in [7, 11) is 3.50. The van der Waals surface area contributed by atoms with E-state index in [1.54, 1.807) is 31.1 Å². The maximum absolute atomic E-state index is 12.3. The van der Waals surface area contributed by atoms with Crippen molar-refractivity contribution in [3.63, 3.8) is 0 Å². The van der Waals surface area contributed by atoms with Gasteiger partial charge in [-0.2, -0.15) is 0 Å². The van der Waals surface area contributed by atoms with E-state index in [4.69, 9.17) is 5.73 Å². The van der Waals surface area contributed by atoms with E-state index in [0.29, 0.717) is 17.2 Å². The summed E-state index contributed by atoms with van der Waals surface area (Å²) in [6.45, 7) is 3.53. The normalized spacial score (nSPS) is 17.6. The largest absolute Gasteiger partial charge is 0.399 e. The molecule has 0 saturated carbocycles. The van der Waals surface area contributed by atoms with Crippen LogP contribution in [0.2, 0.25) is 0 Å². The number of aliphatic hydroxyl groups excluding tert-OH is 1. The molecule has 21 heavy (non-hydrogen) atoms. The van der Waals surface area contributed by atoms with Crippen LogP contribution in [0.1, 0.15) is 30.1 Å². The van der Waals surface area contributed by atoms with Gasteiger partial charge in [0.1, 0.15) is 0 Å². The lowest BCUT2D eigenvalue weighted by Gasteiger charge is -2.36. The predicted octanol–water partition coefficient (Wildman–Crippen LogP) is 1.57. The summed E-state index contributed by atoms with van der Waals surface area (Å²) in [5.74, 6) is 0.331. The van der Waals surface area contributed by atoms with Crippen molar-refractivity contribution in [3.8, 4) is 0 Å². The van der Waals surface area contributed by atoms with Crippen LogP contribution in [0.5, 0.6) is 0 Å². The first-order valence-electron chi connectivity index (χ1n) is 7.44. The first kappa shape index (κ1) is 15.6. The third kappa shape index (κ3) is 3.47. The van der Waals surface area contributed by atoms with Crippen molar-refractivity contribution in [1.82, 2.24) is 4.90 Å². The molecule has 1 aromatic rings. The lowest BCUT2D eigenvalue weighted by atomic mass is 9.91. The van der Waals surface area contributed by atoms with E-state index < -0.39 is 0 Å². The molecule has 1 heterocycles. The molecule has 5 nitrogen and oxygen atoms in total. The van der Waals surface area contributed by atoms with Crippen LogP contribution in [0.25, 0.3) is 0 Å². The standard InChI is InChI=1S/C16H25N3O2/c1-11(20)12-6-8-19(9-7-12)15-10-13(17)4-5-14(15)16(21)18(2)3/h4-5,10-12,20H,6-9,17H2,1-3H3. The maximum Gasteiger partial charge on any atom is 0.255 e. The first-order chi connectivity index (χ1) is 9.90. The second-order valence-corrected chi connectivity index (χ2v) is 6.04. The zero-order valence-electron chi connectivity index (χ0n) is 13.0. The number of carbonyl (C=O) groups excluding carboxylic acids is 1. The summed E-state index contributed by atoms with van der Waals surface area (Å²) in [4.78, 5) is 16.1. The van der Waals surface area contributed by atoms with Crippen LogP contribution in [0, 0.1) is 5.92 Å². The van der Waals surface area contributed by atoms with Gasteiger partial charge in [-0.05, 0) is 43.9 Å². The second-order valence-electron chi connectivity index (χ2n) is 6.04. The number of hydrogen-bond acceptors (Lipinski definition) is 4. The van der Waals surface area contributed by atoms with Gasteiger partial charge in [0.25, 0.3) is 5.91 Å². The second kappa shape index (κ2) is 6.35. The minimum atomic E-state index is -0.268. The quantitative estimate of drug-likeness (QED) is 0.829. The zero-order chi connectivity index (χ0) is 15.6. The van der Waals surface area contributed by atoms with Crippen LogP contribution < -0.4 is 10.6 Å². The molecule has 1 atom stereocenters. The van der Waals surface area contributed by atoms with Gasteiger partial charge in [0.05, 0.1) is 17.4 Å². The van der Waals surface area contributed by atoms with Gasteiger partial charge in [-0.25, -0.2) is 0 Å². The van der Waals surface area contributed by atoms with Crippen molar-refractivity contribution >= 4 is 17.3 Å². The first-order valence-corrected chi connectivity index (χ1v) is 7.44. The van der Waals surface area contributed by atoms with E-state index in [1.165, 1.54) is 0 Å². The third-order valence-corrected chi connectivity index (χ3v) is 4.22. The number of amides is 1. The predicted molar refractivity (Wildman–Crippen MR) is 85.5 cm³/mol. The molecule has 1 saturated heterocycles. The number of anilines is 2. The number of carbonyl (C=O) groups is 1. The molecule has 1 fully saturated rings. The lowest BCUT2D eigenvalue weighted by molar-refractivity contribution is 0.0827. The van der Waals surface area contributed by atoms with Crippen molar-refractivity contribution in [3.05, 3.63) is 23.8 Å². The fourth-order valence-electron chi connectivity index (χ4n) is 2.85. The number of benzene rings is 1. The summed E-state index contributed by atoms with van der Waals surface area (Å²) >= 11 is 0. The summed E-state index contributed by atoms with van der Waals surface area (Å²) in [5, 5.41) is 9.69. The van der Waals surface area contributed by atoms with E-state index in [-0.39, 0.29) is 12.0 Å². The molecule has 1 aliphatic heterocycles. The number of nitrogen functional groups attached to an aromatic ring is 1. The molecule has 5 heteroatoms. The average Bonchev–Trinajstić information content (AvgIpc) is 2.46. The zero-order valence-corrected chi connectivity index (χ0v) is 13.0. The molecule has 1 unspecified atom stereocenters. The van der Waals surface area contributed by atoms with Gasteiger partial charge in [0.2, 0.25) is 0 Å². The van der Waals surface area contributed by atoms with Gasteiger partial charge in [0.15, 0.2) is 0 Å². The van der Waals surface area contributed by atoms with Crippen LogP contribution in [0.4, 0.5) is 11.4 Å². The molecule has 2 rings (SSSR count). The molecule has 116 valence electrons. The Hall–Kier alpha value is -1.75. The maximum atomic E-state index is 12.3. The van der Waals surface area contributed by atoms with Crippen molar-refractivity contribution < 1.29 is 9.90 Å². The lowest BCUT2D eigenvalue weighted by Crippen LogP contribution is -2.38. The van der Waals surface area contributed by atoms with Crippen LogP contribution in [-0.4, -0.2) is 49.2 Å². The van der Waals surface area contributed by atoms with Crippen molar-refractivity contribution in [2.24, 2.45) is 5.92 Å². The average molecular weight is 291 g/mol. The van der Waals surface area contributed by atoms with E-state index in [0.717, 1.165) is 31.6 Å². The minimum Gasteiger partial charge on any atom is -0.399 e. The smallest absolute Gasteiger partial charge is 0.255 e. The minimum absolute atomic E-state index is 0.0114. The number of aliphatic hydroxyl groups is 1. The summed E-state index contributed by atoms with van der Waals surface area (Å²) < 4.78 is 0. The molecule has 1 amide bonds. The SMILES string of the molecule is CC(O)C1CCN(c2cc(N)ccc2C(=O)N(C)C)CC1. The molecule has 1 aromatic carbocycles. The van der Waals surface area contributed by atoms with Crippen LogP contribution in [0.3, 0.4) is 0 Å². The van der Waals surface area contributed by atoms with Gasteiger partial charge in [-0.15, -0.1) is 0 Å². The Kier molecular flexibility index (Phi) is 4.73. The van der Waals surface area contributed by atoms with Gasteiger partial charge in [0, 0.05) is 32.9 Å². The molecular weight excluding hydrogens is 266 g/mol. The van der Waals surface area contributed by atoms with Gasteiger partial charge in [-0.1, -0.05) is 0 Å². The van der Waals surface area contributed by atoms with Gasteiger partial charge < -0.3 is 20.6 Å². The molecule has 0 aliphatic carbocycles. The Labute approximate surface area is 126 Å². The molecule has 0 spiro atoms. The number of piperidine rings is 1. The Morgan fingerprint density at radius 2 is 2.00 bits per heavy atom. The van der Waals surface area contributed by atoms with E-state index in [1.807, 2.05) is 13.0 Å². The summed E-state index contributed by atoms with van der Waals surface area (Å²) in [5.41, 5.74) is 8.14. The highest BCUT2D eigenvalue weighted by atomic mass is 16.3. The Balaban J connectivity index is 2.23. The highest BCUT2D eigenvalue weighted by Crippen LogP contribution is 2.30. The number of nitrogens with two attached hydrogens (primary N) is 1. The highest BCUT2D eigenvalue weighted by molar-refractivity contribution is 6.00. The third-order valence-electron chi connectivity index (χ3n) is 4.22.